The van der Waals surface area contributed by atoms with E-state index in [1.54, 1.807) is 14.1 Å². The van der Waals surface area contributed by atoms with E-state index < -0.39 is 10.0 Å². The Bertz CT molecular complexity index is 1110. The molecule has 1 N–H and O–H groups in total. The zero-order valence-electron chi connectivity index (χ0n) is 19.0. The monoisotopic (exact) mass is 459 g/mol. The van der Waals surface area contributed by atoms with Crippen LogP contribution in [0.15, 0.2) is 41.3 Å². The van der Waals surface area contributed by atoms with Crippen LogP contribution in [0.25, 0.3) is 0 Å². The Morgan fingerprint density at radius 1 is 1.16 bits per heavy atom. The Morgan fingerprint density at radius 2 is 1.88 bits per heavy atom. The fraction of sp³-hybridized carbons (Fsp3) is 0.391. The number of benzene rings is 2. The number of nitriles is 1. The van der Waals surface area contributed by atoms with Crippen molar-refractivity contribution in [1.29, 1.82) is 5.26 Å². The lowest BCUT2D eigenvalue weighted by molar-refractivity contribution is -0.130. The highest BCUT2D eigenvalue weighted by Gasteiger charge is 2.20. The Morgan fingerprint density at radius 3 is 2.47 bits per heavy atom. The van der Waals surface area contributed by atoms with Crippen molar-refractivity contribution < 1.29 is 22.7 Å². The molecule has 8 nitrogen and oxygen atoms in total. The fourth-order valence-corrected chi connectivity index (χ4v) is 4.12. The van der Waals surface area contributed by atoms with Gasteiger partial charge in [-0.1, -0.05) is 26.0 Å². The van der Waals surface area contributed by atoms with E-state index in [0.717, 1.165) is 11.1 Å². The lowest BCUT2D eigenvalue weighted by Crippen LogP contribution is -2.28. The van der Waals surface area contributed by atoms with E-state index in [1.165, 1.54) is 30.2 Å². The average Bonchev–Trinajstić information content (AvgIpc) is 2.77. The summed E-state index contributed by atoms with van der Waals surface area (Å²) >= 11 is 0. The van der Waals surface area contributed by atoms with Gasteiger partial charge in [-0.25, -0.2) is 13.1 Å². The van der Waals surface area contributed by atoms with E-state index in [0.29, 0.717) is 12.2 Å². The lowest BCUT2D eigenvalue weighted by Gasteiger charge is -2.17. The molecule has 0 spiro atoms. The van der Waals surface area contributed by atoms with E-state index in [-0.39, 0.29) is 41.2 Å². The van der Waals surface area contributed by atoms with Crippen LogP contribution in [0.3, 0.4) is 0 Å². The number of nitrogens with zero attached hydrogens (tertiary/aromatic N) is 2. The van der Waals surface area contributed by atoms with Crippen LogP contribution in [0.4, 0.5) is 0 Å². The van der Waals surface area contributed by atoms with Gasteiger partial charge < -0.3 is 14.4 Å². The molecule has 0 unspecified atom stereocenters. The minimum Gasteiger partial charge on any atom is -0.495 e. The van der Waals surface area contributed by atoms with Gasteiger partial charge >= 0.3 is 0 Å². The van der Waals surface area contributed by atoms with E-state index in [2.05, 4.69) is 18.6 Å². The number of hydrogen-bond acceptors (Lipinski definition) is 6. The quantitative estimate of drug-likeness (QED) is 0.585. The van der Waals surface area contributed by atoms with Crippen molar-refractivity contribution in [1.82, 2.24) is 9.62 Å². The molecule has 2 aromatic carbocycles. The van der Waals surface area contributed by atoms with Gasteiger partial charge in [-0.3, -0.25) is 4.79 Å². The maximum absolute atomic E-state index is 12.8. The maximum atomic E-state index is 12.8. The van der Waals surface area contributed by atoms with E-state index in [9.17, 15) is 13.2 Å². The average molecular weight is 460 g/mol. The second kappa shape index (κ2) is 11.0. The van der Waals surface area contributed by atoms with Gasteiger partial charge in [-0.05, 0) is 47.7 Å². The van der Waals surface area contributed by atoms with Gasteiger partial charge in [0.15, 0.2) is 6.61 Å². The number of amides is 1. The van der Waals surface area contributed by atoms with Crippen LogP contribution < -0.4 is 14.2 Å². The van der Waals surface area contributed by atoms with Crippen LogP contribution in [-0.2, 0) is 21.2 Å². The Labute approximate surface area is 189 Å². The number of ether oxygens (including phenoxy) is 2. The first-order valence-corrected chi connectivity index (χ1v) is 11.6. The molecule has 2 rings (SSSR count). The van der Waals surface area contributed by atoms with Crippen LogP contribution >= 0.6 is 0 Å². The van der Waals surface area contributed by atoms with Crippen LogP contribution in [0, 0.1) is 11.3 Å². The molecule has 0 fully saturated rings. The van der Waals surface area contributed by atoms with Gasteiger partial charge in [0.1, 0.15) is 16.4 Å². The van der Waals surface area contributed by atoms with Crippen LogP contribution in [0.5, 0.6) is 11.5 Å². The molecule has 1 amide bonds. The number of sulfonamides is 1. The summed E-state index contributed by atoms with van der Waals surface area (Å²) in [6, 6.07) is 11.9. The minimum atomic E-state index is -3.90. The molecule has 0 aliphatic carbocycles. The Balaban J connectivity index is 2.19. The highest BCUT2D eigenvalue weighted by atomic mass is 32.2. The Kier molecular flexibility index (Phi) is 8.63. The van der Waals surface area contributed by atoms with Gasteiger partial charge in [-0.2, -0.15) is 5.26 Å². The third-order valence-corrected chi connectivity index (χ3v) is 6.36. The molecule has 0 saturated carbocycles. The summed E-state index contributed by atoms with van der Waals surface area (Å²) in [6.45, 7) is 4.11. The molecule has 0 saturated heterocycles. The summed E-state index contributed by atoms with van der Waals surface area (Å²) in [6.07, 6.45) is 0.351. The molecule has 32 heavy (non-hydrogen) atoms. The molecular formula is C23H29N3O5S. The van der Waals surface area contributed by atoms with Crippen LogP contribution in [0.1, 0.15) is 36.5 Å². The zero-order chi connectivity index (χ0) is 23.9. The van der Waals surface area contributed by atoms with Crippen molar-refractivity contribution in [3.63, 3.8) is 0 Å². The van der Waals surface area contributed by atoms with Crippen LogP contribution in [-0.4, -0.2) is 53.6 Å². The molecule has 0 bridgehead atoms. The lowest BCUT2D eigenvalue weighted by atomic mass is 10.00. The summed E-state index contributed by atoms with van der Waals surface area (Å²) < 4.78 is 39.1. The number of methoxy groups -OCH3 is 1. The van der Waals surface area contributed by atoms with Crippen LogP contribution in [0.2, 0.25) is 0 Å². The van der Waals surface area contributed by atoms with Gasteiger partial charge in [0.05, 0.1) is 18.7 Å². The second-order valence-electron chi connectivity index (χ2n) is 7.72. The maximum Gasteiger partial charge on any atom is 0.259 e. The van der Waals surface area contributed by atoms with Gasteiger partial charge in [0, 0.05) is 20.6 Å². The standard InChI is InChI=1S/C23H29N3O5S/c1-16(2)19-8-7-18(21(13-19)31-15-23(27)26(3)4)10-11-25-32(28,29)22-12-17(14-24)6-9-20(22)30-5/h6-9,12-13,16,25H,10-11,15H2,1-5H3. The molecule has 0 radical (unpaired) electrons. The number of rotatable bonds is 10. The largest absolute Gasteiger partial charge is 0.495 e. The molecule has 9 heteroatoms. The molecular weight excluding hydrogens is 430 g/mol. The predicted octanol–water partition coefficient (Wildman–Crippen LogP) is 2.68. The molecule has 0 aliphatic rings. The number of nitrogens with one attached hydrogen (secondary N) is 1. The molecule has 0 aliphatic heterocycles. The van der Waals surface area contributed by atoms with Crippen molar-refractivity contribution in [3.05, 3.63) is 53.1 Å². The summed E-state index contributed by atoms with van der Waals surface area (Å²) in [5.74, 6) is 0.809. The van der Waals surface area contributed by atoms with Gasteiger partial charge in [0.25, 0.3) is 5.91 Å². The summed E-state index contributed by atoms with van der Waals surface area (Å²) in [5.41, 5.74) is 2.05. The third-order valence-electron chi connectivity index (χ3n) is 4.88. The smallest absolute Gasteiger partial charge is 0.259 e. The number of hydrogen-bond donors (Lipinski definition) is 1. The van der Waals surface area contributed by atoms with Crippen molar-refractivity contribution in [2.24, 2.45) is 0 Å². The van der Waals surface area contributed by atoms with Crippen molar-refractivity contribution >= 4 is 15.9 Å². The summed E-state index contributed by atoms with van der Waals surface area (Å²) in [7, 11) is 0.774. The van der Waals surface area contributed by atoms with Crippen molar-refractivity contribution in [2.75, 3.05) is 34.4 Å². The first-order chi connectivity index (χ1) is 15.1. The van der Waals surface area contributed by atoms with Gasteiger partial charge in [-0.15, -0.1) is 0 Å². The Hall–Kier alpha value is -3.09. The zero-order valence-corrected chi connectivity index (χ0v) is 19.8. The number of carbonyl (C=O) groups excluding carboxylic acids is 1. The van der Waals surface area contributed by atoms with E-state index >= 15 is 0 Å². The normalized spacial score (nSPS) is 11.2. The topological polar surface area (TPSA) is 109 Å². The first kappa shape index (κ1) is 25.2. The predicted molar refractivity (Wildman–Crippen MR) is 121 cm³/mol. The SMILES string of the molecule is COc1ccc(C#N)cc1S(=O)(=O)NCCc1ccc(C(C)C)cc1OCC(=O)N(C)C. The summed E-state index contributed by atoms with van der Waals surface area (Å²) in [5, 5.41) is 9.08. The number of carbonyl (C=O) groups is 1. The summed E-state index contributed by atoms with van der Waals surface area (Å²) in [4.78, 5) is 13.3. The highest BCUT2D eigenvalue weighted by molar-refractivity contribution is 7.89. The van der Waals surface area contributed by atoms with Crippen molar-refractivity contribution in [3.8, 4) is 17.6 Å². The minimum absolute atomic E-state index is 0.0951. The molecule has 0 aromatic heterocycles. The second-order valence-corrected chi connectivity index (χ2v) is 9.46. The van der Waals surface area contributed by atoms with Crippen molar-refractivity contribution in [2.45, 2.75) is 31.1 Å². The first-order valence-electron chi connectivity index (χ1n) is 10.1. The molecule has 2 aromatic rings. The third kappa shape index (κ3) is 6.45. The fourth-order valence-electron chi connectivity index (χ4n) is 2.89. The molecule has 172 valence electrons. The highest BCUT2D eigenvalue weighted by Crippen LogP contribution is 2.27. The van der Waals surface area contributed by atoms with Gasteiger partial charge in [0.2, 0.25) is 10.0 Å². The number of likely N-dealkylation sites (N-methyl/N-ethyl adjacent to an activating group) is 1. The molecule has 0 heterocycles. The van der Waals surface area contributed by atoms with E-state index in [4.69, 9.17) is 14.7 Å². The molecule has 0 atom stereocenters. The van der Waals surface area contributed by atoms with E-state index in [1.807, 2.05) is 24.3 Å².